The molecule has 2 aromatic carbocycles. The number of carboxylic acid groups (broad SMARTS) is 1. The minimum absolute atomic E-state index is 0.156. The van der Waals surface area contributed by atoms with Crippen LogP contribution in [0.15, 0.2) is 48.5 Å². The molecule has 0 aliphatic heterocycles. The van der Waals surface area contributed by atoms with Gasteiger partial charge in [-0.05, 0) is 37.3 Å². The van der Waals surface area contributed by atoms with E-state index in [9.17, 15) is 9.18 Å². The third kappa shape index (κ3) is 6.06. The number of aliphatic carboxylic acids is 1. The van der Waals surface area contributed by atoms with E-state index in [1.54, 1.807) is 24.3 Å². The van der Waals surface area contributed by atoms with Crippen molar-refractivity contribution in [2.45, 2.75) is 13.0 Å². The first-order chi connectivity index (χ1) is 11.0. The summed E-state index contributed by atoms with van der Waals surface area (Å²) in [6, 6.07) is 14.8. The predicted octanol–water partition coefficient (Wildman–Crippen LogP) is 3.24. The Balaban J connectivity index is 0.000000231. The van der Waals surface area contributed by atoms with E-state index in [0.717, 1.165) is 6.07 Å². The Kier molecular flexibility index (Phi) is 7.08. The van der Waals surface area contributed by atoms with E-state index in [-0.39, 0.29) is 5.75 Å². The van der Waals surface area contributed by atoms with Gasteiger partial charge in [0.25, 0.3) is 0 Å². The quantitative estimate of drug-likeness (QED) is 0.936. The minimum atomic E-state index is -0.959. The van der Waals surface area contributed by atoms with Gasteiger partial charge in [0.1, 0.15) is 5.75 Å². The van der Waals surface area contributed by atoms with E-state index in [0.29, 0.717) is 11.3 Å². The highest BCUT2D eigenvalue weighted by atomic mass is 19.1. The van der Waals surface area contributed by atoms with E-state index in [2.05, 4.69) is 4.74 Å². The Morgan fingerprint density at radius 1 is 1.26 bits per heavy atom. The van der Waals surface area contributed by atoms with Gasteiger partial charge in [0.15, 0.2) is 17.7 Å². The van der Waals surface area contributed by atoms with Crippen LogP contribution in [0.2, 0.25) is 0 Å². The van der Waals surface area contributed by atoms with Crippen LogP contribution in [0.4, 0.5) is 4.39 Å². The number of ether oxygens (including phenoxy) is 2. The van der Waals surface area contributed by atoms with Crippen molar-refractivity contribution in [3.05, 3.63) is 59.9 Å². The van der Waals surface area contributed by atoms with Crippen LogP contribution in [-0.2, 0) is 4.79 Å². The van der Waals surface area contributed by atoms with E-state index in [1.807, 2.05) is 12.1 Å². The summed E-state index contributed by atoms with van der Waals surface area (Å²) in [4.78, 5) is 10.4. The number of rotatable bonds is 4. The molecule has 2 aromatic rings. The van der Waals surface area contributed by atoms with Crippen molar-refractivity contribution in [2.75, 3.05) is 7.11 Å². The number of carbonyl (C=O) groups is 1. The lowest BCUT2D eigenvalue weighted by atomic mass is 10.2. The maximum atomic E-state index is 12.8. The van der Waals surface area contributed by atoms with E-state index >= 15 is 0 Å². The number of nitrogens with zero attached hydrogens (tertiary/aromatic N) is 1. The highest BCUT2D eigenvalue weighted by molar-refractivity contribution is 5.72. The predicted molar refractivity (Wildman–Crippen MR) is 81.8 cm³/mol. The molecule has 0 bridgehead atoms. The van der Waals surface area contributed by atoms with Crippen molar-refractivity contribution >= 4 is 5.97 Å². The lowest BCUT2D eigenvalue weighted by Crippen LogP contribution is -2.22. The van der Waals surface area contributed by atoms with E-state index in [4.69, 9.17) is 15.1 Å². The Labute approximate surface area is 133 Å². The van der Waals surface area contributed by atoms with Gasteiger partial charge in [-0.15, -0.1) is 0 Å². The van der Waals surface area contributed by atoms with Gasteiger partial charge in [0.05, 0.1) is 18.7 Å². The third-order valence-corrected chi connectivity index (χ3v) is 2.68. The zero-order valence-corrected chi connectivity index (χ0v) is 12.7. The number of methoxy groups -OCH3 is 1. The summed E-state index contributed by atoms with van der Waals surface area (Å²) in [6.07, 6.45) is -0.799. The molecule has 0 fully saturated rings. The largest absolute Gasteiger partial charge is 0.494 e. The fourth-order valence-corrected chi connectivity index (χ4v) is 1.49. The third-order valence-electron chi connectivity index (χ3n) is 2.68. The monoisotopic (exact) mass is 317 g/mol. The molecule has 0 aromatic heterocycles. The van der Waals surface area contributed by atoms with Crippen LogP contribution in [0.25, 0.3) is 0 Å². The summed E-state index contributed by atoms with van der Waals surface area (Å²) < 4.78 is 22.5. The van der Waals surface area contributed by atoms with Crippen molar-refractivity contribution in [3.63, 3.8) is 0 Å². The first-order valence-corrected chi connectivity index (χ1v) is 6.66. The Bertz CT molecular complexity index is 683. The smallest absolute Gasteiger partial charge is 0.344 e. The molecule has 1 N–H and O–H groups in total. The molecule has 23 heavy (non-hydrogen) atoms. The van der Waals surface area contributed by atoms with Crippen LogP contribution in [-0.4, -0.2) is 24.3 Å². The zero-order valence-electron chi connectivity index (χ0n) is 12.7. The molecule has 1 atom stereocenters. The second-order valence-corrected chi connectivity index (χ2v) is 4.37. The van der Waals surface area contributed by atoms with Gasteiger partial charge < -0.3 is 14.6 Å². The molecule has 0 saturated carbocycles. The topological polar surface area (TPSA) is 79.6 Å². The highest BCUT2D eigenvalue weighted by Gasteiger charge is 2.11. The van der Waals surface area contributed by atoms with Crippen molar-refractivity contribution < 1.29 is 23.8 Å². The maximum Gasteiger partial charge on any atom is 0.344 e. The van der Waals surface area contributed by atoms with E-state index < -0.39 is 17.9 Å². The fraction of sp³-hybridized carbons (Fsp3) is 0.176. The standard InChI is InChI=1S/C9H10O3.C8H6FNO/c1-7(9(10)11)12-8-5-3-2-4-6-8;1-11-8-3-2-6(5-10)4-7(8)9/h2-7H,1H3,(H,10,11);2-4H,1H3. The molecule has 0 saturated heterocycles. The number of nitriles is 1. The summed E-state index contributed by atoms with van der Waals surface area (Å²) in [6.45, 7) is 1.50. The van der Waals surface area contributed by atoms with Crippen molar-refractivity contribution in [1.82, 2.24) is 0 Å². The van der Waals surface area contributed by atoms with Crippen molar-refractivity contribution in [2.24, 2.45) is 0 Å². The van der Waals surface area contributed by atoms with Crippen LogP contribution in [0, 0.1) is 17.1 Å². The fourth-order valence-electron chi connectivity index (χ4n) is 1.49. The summed E-state index contributed by atoms with van der Waals surface area (Å²) in [7, 11) is 1.38. The summed E-state index contributed by atoms with van der Waals surface area (Å²) in [5.74, 6) is -0.734. The Hall–Kier alpha value is -3.07. The van der Waals surface area contributed by atoms with Gasteiger partial charge in [0.2, 0.25) is 0 Å². The average Bonchev–Trinajstić information content (AvgIpc) is 2.56. The van der Waals surface area contributed by atoms with Crippen molar-refractivity contribution in [3.8, 4) is 17.6 Å². The van der Waals surface area contributed by atoms with Crippen molar-refractivity contribution in [1.29, 1.82) is 5.26 Å². The van der Waals surface area contributed by atoms with Gasteiger partial charge in [-0.25, -0.2) is 9.18 Å². The van der Waals surface area contributed by atoms with Crippen LogP contribution >= 0.6 is 0 Å². The first kappa shape index (κ1) is 18.0. The molecule has 6 heteroatoms. The zero-order chi connectivity index (χ0) is 17.2. The molecule has 1 unspecified atom stereocenters. The number of benzene rings is 2. The summed E-state index contributed by atoms with van der Waals surface area (Å²) >= 11 is 0. The van der Waals surface area contributed by atoms with Gasteiger partial charge in [-0.2, -0.15) is 5.26 Å². The molecule has 0 spiro atoms. The van der Waals surface area contributed by atoms with E-state index in [1.165, 1.54) is 26.2 Å². The summed E-state index contributed by atoms with van der Waals surface area (Å²) in [5, 5.41) is 16.9. The molecule has 5 nitrogen and oxygen atoms in total. The lowest BCUT2D eigenvalue weighted by molar-refractivity contribution is -0.144. The van der Waals surface area contributed by atoms with Gasteiger partial charge in [0, 0.05) is 0 Å². The molecule has 0 amide bonds. The number of hydrogen-bond donors (Lipinski definition) is 1. The maximum absolute atomic E-state index is 12.8. The normalized spacial score (nSPS) is 10.5. The second kappa shape index (κ2) is 9.05. The van der Waals surface area contributed by atoms with Gasteiger partial charge in [-0.3, -0.25) is 0 Å². The number of halogens is 1. The number of carboxylic acids is 1. The van der Waals surface area contributed by atoms with Gasteiger partial charge in [-0.1, -0.05) is 18.2 Å². The first-order valence-electron chi connectivity index (χ1n) is 6.66. The minimum Gasteiger partial charge on any atom is -0.494 e. The molecule has 0 radical (unpaired) electrons. The van der Waals surface area contributed by atoms with Crippen LogP contribution in [0.3, 0.4) is 0 Å². The Morgan fingerprint density at radius 3 is 2.39 bits per heavy atom. The molecular formula is C17H16FNO4. The molecule has 120 valence electrons. The van der Waals surface area contributed by atoms with Gasteiger partial charge >= 0.3 is 5.97 Å². The second-order valence-electron chi connectivity index (χ2n) is 4.37. The molecule has 0 aliphatic rings. The molecule has 2 rings (SSSR count). The number of para-hydroxylation sites is 1. The lowest BCUT2D eigenvalue weighted by Gasteiger charge is -2.09. The Morgan fingerprint density at radius 2 is 1.91 bits per heavy atom. The SMILES string of the molecule is CC(Oc1ccccc1)C(=O)O.COc1ccc(C#N)cc1F. The van der Waals surface area contributed by atoms with Crippen LogP contribution in [0.5, 0.6) is 11.5 Å². The molecular weight excluding hydrogens is 301 g/mol. The molecule has 0 aliphatic carbocycles. The number of hydrogen-bond acceptors (Lipinski definition) is 4. The summed E-state index contributed by atoms with van der Waals surface area (Å²) in [5.41, 5.74) is 0.295. The van der Waals surface area contributed by atoms with Crippen LogP contribution in [0.1, 0.15) is 12.5 Å². The van der Waals surface area contributed by atoms with Crippen LogP contribution < -0.4 is 9.47 Å². The molecule has 0 heterocycles. The highest BCUT2D eigenvalue weighted by Crippen LogP contribution is 2.16. The average molecular weight is 317 g/mol.